The molecule has 0 amide bonds. The second-order valence-electron chi connectivity index (χ2n) is 4.31. The average Bonchev–Trinajstić information content (AvgIpc) is 2.67. The molecule has 0 aliphatic carbocycles. The lowest BCUT2D eigenvalue weighted by Crippen LogP contribution is -2.02. The Kier molecular flexibility index (Phi) is 4.22. The van der Waals surface area contributed by atoms with E-state index in [1.807, 2.05) is 24.3 Å². The normalized spacial score (nSPS) is 10.6. The monoisotopic (exact) mass is 279 g/mol. The molecule has 1 aromatic heterocycles. The molecule has 1 N–H and O–H groups in total. The molecule has 0 unspecified atom stereocenters. The fourth-order valence-corrected chi connectivity index (χ4v) is 2.06. The maximum Gasteiger partial charge on any atom is 0.309 e. The summed E-state index contributed by atoms with van der Waals surface area (Å²) in [4.78, 5) is 14.9. The number of aliphatic carboxylic acids is 1. The maximum atomic E-state index is 10.7. The number of carbonyl (C=O) groups is 1. The van der Waals surface area contributed by atoms with Crippen LogP contribution in [0, 0.1) is 6.92 Å². The quantitative estimate of drug-likeness (QED) is 0.914. The molecule has 0 saturated carbocycles. The highest BCUT2D eigenvalue weighted by Gasteiger charge is 2.12. The van der Waals surface area contributed by atoms with Crippen LogP contribution in [-0.2, 0) is 24.1 Å². The van der Waals surface area contributed by atoms with E-state index < -0.39 is 5.97 Å². The molecule has 0 aliphatic heterocycles. The van der Waals surface area contributed by atoms with E-state index in [1.165, 1.54) is 0 Å². The molecule has 100 valence electrons. The summed E-state index contributed by atoms with van der Waals surface area (Å²) in [7, 11) is 0. The molecule has 0 bridgehead atoms. The Labute approximate surface area is 116 Å². The summed E-state index contributed by atoms with van der Waals surface area (Å²) in [5, 5.41) is 9.44. The summed E-state index contributed by atoms with van der Waals surface area (Å²) in [5.41, 5.74) is 1.59. The zero-order valence-corrected chi connectivity index (χ0v) is 11.3. The first kappa shape index (κ1) is 13.6. The van der Waals surface area contributed by atoms with Crippen LogP contribution in [0.25, 0.3) is 0 Å². The predicted octanol–water partition coefficient (Wildman–Crippen LogP) is 3.05. The van der Waals surface area contributed by atoms with Crippen LogP contribution in [0.3, 0.4) is 0 Å². The van der Waals surface area contributed by atoms with Crippen LogP contribution in [0.2, 0.25) is 5.02 Å². The third-order valence-corrected chi connectivity index (χ3v) is 3.01. The highest BCUT2D eigenvalue weighted by molar-refractivity contribution is 6.30. The van der Waals surface area contributed by atoms with Gasteiger partial charge in [-0.1, -0.05) is 23.7 Å². The summed E-state index contributed by atoms with van der Waals surface area (Å²) < 4.78 is 5.46. The van der Waals surface area contributed by atoms with Crippen molar-refractivity contribution in [1.29, 1.82) is 0 Å². The van der Waals surface area contributed by atoms with Crippen LogP contribution in [0.15, 0.2) is 28.7 Å². The van der Waals surface area contributed by atoms with Crippen LogP contribution >= 0.6 is 11.6 Å². The topological polar surface area (TPSA) is 63.3 Å². The van der Waals surface area contributed by atoms with E-state index in [0.29, 0.717) is 28.8 Å². The molecule has 0 aliphatic rings. The Morgan fingerprint density at radius 3 is 2.89 bits per heavy atom. The first-order valence-corrected chi connectivity index (χ1v) is 6.34. The van der Waals surface area contributed by atoms with Gasteiger partial charge in [0.15, 0.2) is 5.89 Å². The van der Waals surface area contributed by atoms with Crippen molar-refractivity contribution in [3.05, 3.63) is 52.2 Å². The van der Waals surface area contributed by atoms with Crippen LogP contribution in [0.4, 0.5) is 0 Å². The molecule has 0 saturated heterocycles. The predicted molar refractivity (Wildman–Crippen MR) is 71.4 cm³/mol. The average molecular weight is 280 g/mol. The standard InChI is InChI=1S/C14H14ClNO3/c1-9-12(8-14(17)18)16-13(19-9)6-5-10-3-2-4-11(15)7-10/h2-4,7H,5-6,8H2,1H3,(H,17,18). The summed E-state index contributed by atoms with van der Waals surface area (Å²) in [5.74, 6) is 0.231. The fraction of sp³-hybridized carbons (Fsp3) is 0.286. The Bertz CT molecular complexity index is 592. The van der Waals surface area contributed by atoms with E-state index in [-0.39, 0.29) is 6.42 Å². The number of nitrogens with zero attached hydrogens (tertiary/aromatic N) is 1. The summed E-state index contributed by atoms with van der Waals surface area (Å²) in [6.45, 7) is 1.73. The Morgan fingerprint density at radius 1 is 1.42 bits per heavy atom. The van der Waals surface area contributed by atoms with Gasteiger partial charge < -0.3 is 9.52 Å². The fourth-order valence-electron chi connectivity index (χ4n) is 1.85. The summed E-state index contributed by atoms with van der Waals surface area (Å²) in [6, 6.07) is 7.61. The number of aromatic nitrogens is 1. The van der Waals surface area contributed by atoms with Crippen LogP contribution in [0.5, 0.6) is 0 Å². The van der Waals surface area contributed by atoms with E-state index in [2.05, 4.69) is 4.98 Å². The van der Waals surface area contributed by atoms with Crippen LogP contribution in [0.1, 0.15) is 22.9 Å². The maximum absolute atomic E-state index is 10.7. The second-order valence-corrected chi connectivity index (χ2v) is 4.75. The largest absolute Gasteiger partial charge is 0.481 e. The van der Waals surface area contributed by atoms with Gasteiger partial charge in [0.25, 0.3) is 0 Å². The molecule has 0 spiro atoms. The number of carboxylic acid groups (broad SMARTS) is 1. The minimum Gasteiger partial charge on any atom is -0.481 e. The van der Waals surface area contributed by atoms with Gasteiger partial charge in [-0.05, 0) is 31.0 Å². The summed E-state index contributed by atoms with van der Waals surface area (Å²) in [6.07, 6.45) is 1.28. The Morgan fingerprint density at radius 2 is 2.21 bits per heavy atom. The lowest BCUT2D eigenvalue weighted by Gasteiger charge is -1.99. The molecule has 2 rings (SSSR count). The molecule has 0 radical (unpaired) electrons. The zero-order valence-electron chi connectivity index (χ0n) is 10.5. The van der Waals surface area contributed by atoms with Crippen molar-refractivity contribution in [1.82, 2.24) is 4.98 Å². The van der Waals surface area contributed by atoms with Gasteiger partial charge in [-0.2, -0.15) is 0 Å². The Hall–Kier alpha value is -1.81. The number of benzene rings is 1. The lowest BCUT2D eigenvalue weighted by atomic mass is 10.1. The van der Waals surface area contributed by atoms with Crippen molar-refractivity contribution in [3.63, 3.8) is 0 Å². The van der Waals surface area contributed by atoms with Gasteiger partial charge in [0.2, 0.25) is 0 Å². The van der Waals surface area contributed by atoms with Crippen molar-refractivity contribution in [3.8, 4) is 0 Å². The number of hydrogen-bond donors (Lipinski definition) is 1. The second kappa shape index (κ2) is 5.89. The van der Waals surface area contributed by atoms with Crippen molar-refractivity contribution in [2.75, 3.05) is 0 Å². The molecular formula is C14H14ClNO3. The molecule has 1 aromatic carbocycles. The lowest BCUT2D eigenvalue weighted by molar-refractivity contribution is -0.136. The zero-order chi connectivity index (χ0) is 13.8. The van der Waals surface area contributed by atoms with Gasteiger partial charge >= 0.3 is 5.97 Å². The van der Waals surface area contributed by atoms with Crippen molar-refractivity contribution in [2.24, 2.45) is 0 Å². The molecule has 1 heterocycles. The van der Waals surface area contributed by atoms with E-state index >= 15 is 0 Å². The van der Waals surface area contributed by atoms with E-state index in [0.717, 1.165) is 12.0 Å². The van der Waals surface area contributed by atoms with Gasteiger partial charge in [-0.15, -0.1) is 0 Å². The van der Waals surface area contributed by atoms with Gasteiger partial charge in [-0.25, -0.2) is 4.98 Å². The molecule has 5 heteroatoms. The van der Waals surface area contributed by atoms with Crippen molar-refractivity contribution >= 4 is 17.6 Å². The number of aryl methyl sites for hydroxylation is 3. The number of oxazole rings is 1. The molecule has 4 nitrogen and oxygen atoms in total. The molecule has 0 atom stereocenters. The SMILES string of the molecule is Cc1oc(CCc2cccc(Cl)c2)nc1CC(=O)O. The first-order valence-electron chi connectivity index (χ1n) is 5.96. The van der Waals surface area contributed by atoms with Gasteiger partial charge in [0.1, 0.15) is 5.76 Å². The molecule has 2 aromatic rings. The number of carboxylic acids is 1. The van der Waals surface area contributed by atoms with Gasteiger partial charge in [-0.3, -0.25) is 4.79 Å². The Balaban J connectivity index is 2.02. The first-order chi connectivity index (χ1) is 9.04. The third-order valence-electron chi connectivity index (χ3n) is 2.77. The van der Waals surface area contributed by atoms with Gasteiger partial charge in [0.05, 0.1) is 12.1 Å². The molecular weight excluding hydrogens is 266 g/mol. The molecule has 19 heavy (non-hydrogen) atoms. The smallest absolute Gasteiger partial charge is 0.309 e. The van der Waals surface area contributed by atoms with E-state index in [1.54, 1.807) is 6.92 Å². The highest BCUT2D eigenvalue weighted by Crippen LogP contribution is 2.15. The molecule has 0 fully saturated rings. The van der Waals surface area contributed by atoms with E-state index in [4.69, 9.17) is 21.1 Å². The number of halogens is 1. The summed E-state index contributed by atoms with van der Waals surface area (Å²) >= 11 is 5.91. The number of rotatable bonds is 5. The van der Waals surface area contributed by atoms with Crippen LogP contribution < -0.4 is 0 Å². The van der Waals surface area contributed by atoms with Crippen molar-refractivity contribution < 1.29 is 14.3 Å². The van der Waals surface area contributed by atoms with Crippen LogP contribution in [-0.4, -0.2) is 16.1 Å². The third kappa shape index (κ3) is 3.83. The minimum atomic E-state index is -0.905. The number of hydrogen-bond acceptors (Lipinski definition) is 3. The minimum absolute atomic E-state index is 0.105. The highest BCUT2D eigenvalue weighted by atomic mass is 35.5. The van der Waals surface area contributed by atoms with E-state index in [9.17, 15) is 4.79 Å². The van der Waals surface area contributed by atoms with Gasteiger partial charge in [0, 0.05) is 11.4 Å². The van der Waals surface area contributed by atoms with Crippen molar-refractivity contribution in [2.45, 2.75) is 26.2 Å².